The van der Waals surface area contributed by atoms with Crippen LogP contribution >= 0.6 is 0 Å². The summed E-state index contributed by atoms with van der Waals surface area (Å²) in [6.07, 6.45) is -0.0765. The number of sulfonamides is 1. The number of aromatic nitrogens is 3. The molecule has 0 aliphatic heterocycles. The molecule has 1 heterocycles. The van der Waals surface area contributed by atoms with Crippen LogP contribution in [0.4, 0.5) is 0 Å². The zero-order chi connectivity index (χ0) is 17.4. The topological polar surface area (TPSA) is 134 Å². The number of carbonyl (C=O) groups excluding carboxylic acids is 1. The summed E-state index contributed by atoms with van der Waals surface area (Å²) in [5.74, 6) is 0.233. The van der Waals surface area contributed by atoms with Crippen LogP contribution in [-0.4, -0.2) is 29.1 Å². The van der Waals surface area contributed by atoms with Gasteiger partial charge in [-0.05, 0) is 44.0 Å². The first-order valence-corrected chi connectivity index (χ1v) is 8.54. The first-order valence-electron chi connectivity index (χ1n) is 7.00. The predicted octanol–water partition coefficient (Wildman–Crippen LogP) is 0.257. The maximum absolute atomic E-state index is 11.8. The van der Waals surface area contributed by atoms with Crippen molar-refractivity contribution in [3.05, 3.63) is 29.1 Å². The zero-order valence-corrected chi connectivity index (χ0v) is 14.0. The summed E-state index contributed by atoms with van der Waals surface area (Å²) in [4.78, 5) is 15.4. The first kappa shape index (κ1) is 17.1. The van der Waals surface area contributed by atoms with E-state index in [1.807, 2.05) is 13.0 Å². The standard InChI is InChI=1S/C14H19N5O3S/c1-4-19-14(17-13(18-19)7-12(15)20)10-5-8(2)9(3)11(6-10)23(16,21)22/h5-6H,4,7H2,1-3H3,(H2,15,20)(H2,16,21,22). The van der Waals surface area contributed by atoms with Crippen LogP contribution in [0.15, 0.2) is 17.0 Å². The van der Waals surface area contributed by atoms with E-state index in [4.69, 9.17) is 10.9 Å². The number of hydrogen-bond acceptors (Lipinski definition) is 5. The normalized spacial score (nSPS) is 11.7. The van der Waals surface area contributed by atoms with E-state index in [1.54, 1.807) is 18.5 Å². The Labute approximate surface area is 134 Å². The van der Waals surface area contributed by atoms with E-state index in [9.17, 15) is 13.2 Å². The summed E-state index contributed by atoms with van der Waals surface area (Å²) in [6, 6.07) is 3.29. The number of carbonyl (C=O) groups is 1. The molecule has 0 unspecified atom stereocenters. The van der Waals surface area contributed by atoms with Crippen LogP contribution in [0, 0.1) is 13.8 Å². The van der Waals surface area contributed by atoms with Crippen molar-refractivity contribution in [1.82, 2.24) is 14.8 Å². The molecule has 0 bridgehead atoms. The van der Waals surface area contributed by atoms with Gasteiger partial charge in [0, 0.05) is 12.1 Å². The molecule has 0 saturated carbocycles. The second kappa shape index (κ2) is 6.09. The summed E-state index contributed by atoms with van der Waals surface area (Å²) in [7, 11) is -3.85. The molecule has 1 aromatic heterocycles. The first-order chi connectivity index (χ1) is 10.6. The molecule has 23 heavy (non-hydrogen) atoms. The van der Waals surface area contributed by atoms with Gasteiger partial charge in [0.05, 0.1) is 11.3 Å². The smallest absolute Gasteiger partial charge is 0.238 e. The molecule has 1 aromatic carbocycles. The lowest BCUT2D eigenvalue weighted by Crippen LogP contribution is -2.14. The number of amides is 1. The molecule has 0 radical (unpaired) electrons. The molecule has 124 valence electrons. The Morgan fingerprint density at radius 3 is 2.48 bits per heavy atom. The minimum atomic E-state index is -3.85. The van der Waals surface area contributed by atoms with Crippen molar-refractivity contribution >= 4 is 15.9 Å². The van der Waals surface area contributed by atoms with E-state index in [-0.39, 0.29) is 11.3 Å². The van der Waals surface area contributed by atoms with Crippen molar-refractivity contribution in [2.24, 2.45) is 10.9 Å². The van der Waals surface area contributed by atoms with Crippen LogP contribution in [0.1, 0.15) is 23.9 Å². The van der Waals surface area contributed by atoms with Gasteiger partial charge in [-0.3, -0.25) is 4.79 Å². The molecule has 0 spiro atoms. The Balaban J connectivity index is 2.65. The van der Waals surface area contributed by atoms with E-state index >= 15 is 0 Å². The van der Waals surface area contributed by atoms with Gasteiger partial charge in [-0.25, -0.2) is 23.2 Å². The van der Waals surface area contributed by atoms with Crippen molar-refractivity contribution in [3.63, 3.8) is 0 Å². The molecule has 8 nitrogen and oxygen atoms in total. The Morgan fingerprint density at radius 2 is 1.96 bits per heavy atom. The third-order valence-electron chi connectivity index (χ3n) is 3.53. The van der Waals surface area contributed by atoms with Crippen molar-refractivity contribution < 1.29 is 13.2 Å². The molecule has 0 fully saturated rings. The molecule has 4 N–H and O–H groups in total. The van der Waals surface area contributed by atoms with Gasteiger partial charge in [-0.1, -0.05) is 0 Å². The zero-order valence-electron chi connectivity index (χ0n) is 13.2. The van der Waals surface area contributed by atoms with Gasteiger partial charge in [0.25, 0.3) is 0 Å². The highest BCUT2D eigenvalue weighted by atomic mass is 32.2. The number of benzene rings is 1. The quantitative estimate of drug-likeness (QED) is 0.807. The van der Waals surface area contributed by atoms with Crippen molar-refractivity contribution in [2.45, 2.75) is 38.6 Å². The monoisotopic (exact) mass is 337 g/mol. The van der Waals surface area contributed by atoms with E-state index in [0.29, 0.717) is 29.3 Å². The number of hydrogen-bond donors (Lipinski definition) is 2. The molecule has 0 aliphatic rings. The average Bonchev–Trinajstić information content (AvgIpc) is 2.82. The lowest BCUT2D eigenvalue weighted by atomic mass is 10.1. The van der Waals surface area contributed by atoms with Crippen LogP contribution in [0.25, 0.3) is 11.4 Å². The van der Waals surface area contributed by atoms with Gasteiger partial charge in [0.15, 0.2) is 11.6 Å². The maximum Gasteiger partial charge on any atom is 0.238 e. The van der Waals surface area contributed by atoms with Gasteiger partial charge in [-0.2, -0.15) is 5.10 Å². The lowest BCUT2D eigenvalue weighted by Gasteiger charge is -2.10. The highest BCUT2D eigenvalue weighted by molar-refractivity contribution is 7.89. The second-order valence-corrected chi connectivity index (χ2v) is 6.80. The molecule has 0 aliphatic carbocycles. The average molecular weight is 337 g/mol. The Bertz CT molecular complexity index is 871. The fraction of sp³-hybridized carbons (Fsp3) is 0.357. The number of nitrogens with two attached hydrogens (primary N) is 2. The van der Waals surface area contributed by atoms with E-state index in [2.05, 4.69) is 10.1 Å². The molecule has 9 heteroatoms. The van der Waals surface area contributed by atoms with Gasteiger partial charge in [0.2, 0.25) is 15.9 Å². The summed E-state index contributed by atoms with van der Waals surface area (Å²) < 4.78 is 25.1. The van der Waals surface area contributed by atoms with Crippen LogP contribution in [0.5, 0.6) is 0 Å². The number of primary sulfonamides is 1. The molecule has 1 amide bonds. The summed E-state index contributed by atoms with van der Waals surface area (Å²) in [5, 5.41) is 9.50. The predicted molar refractivity (Wildman–Crippen MR) is 84.9 cm³/mol. The van der Waals surface area contributed by atoms with Crippen LogP contribution in [0.2, 0.25) is 0 Å². The van der Waals surface area contributed by atoms with E-state index < -0.39 is 15.9 Å². The summed E-state index contributed by atoms with van der Waals surface area (Å²) in [5.41, 5.74) is 7.10. The van der Waals surface area contributed by atoms with Crippen LogP contribution in [0.3, 0.4) is 0 Å². The number of primary amides is 1. The van der Waals surface area contributed by atoms with Crippen molar-refractivity contribution in [2.75, 3.05) is 0 Å². The minimum absolute atomic E-state index is 0.0506. The number of rotatable bonds is 5. The molecule has 2 rings (SSSR count). The Morgan fingerprint density at radius 1 is 1.30 bits per heavy atom. The Hall–Kier alpha value is -2.26. The van der Waals surface area contributed by atoms with Crippen LogP contribution < -0.4 is 10.9 Å². The SMILES string of the molecule is CCn1nc(CC(N)=O)nc1-c1cc(C)c(C)c(S(N)(=O)=O)c1. The van der Waals surface area contributed by atoms with Gasteiger partial charge >= 0.3 is 0 Å². The molecule has 0 atom stereocenters. The Kier molecular flexibility index (Phi) is 4.53. The highest BCUT2D eigenvalue weighted by Crippen LogP contribution is 2.26. The summed E-state index contributed by atoms with van der Waals surface area (Å²) in [6.45, 7) is 5.87. The molecular formula is C14H19N5O3S. The highest BCUT2D eigenvalue weighted by Gasteiger charge is 2.19. The maximum atomic E-state index is 11.8. The van der Waals surface area contributed by atoms with Crippen LogP contribution in [-0.2, 0) is 27.8 Å². The summed E-state index contributed by atoms with van der Waals surface area (Å²) >= 11 is 0. The third-order valence-corrected chi connectivity index (χ3v) is 4.57. The molecular weight excluding hydrogens is 318 g/mol. The largest absolute Gasteiger partial charge is 0.369 e. The number of nitrogens with zero attached hydrogens (tertiary/aromatic N) is 3. The minimum Gasteiger partial charge on any atom is -0.369 e. The van der Waals surface area contributed by atoms with Gasteiger partial charge in [0.1, 0.15) is 0 Å². The third kappa shape index (κ3) is 3.57. The van der Waals surface area contributed by atoms with Crippen molar-refractivity contribution in [1.29, 1.82) is 0 Å². The van der Waals surface area contributed by atoms with Gasteiger partial charge < -0.3 is 5.73 Å². The van der Waals surface area contributed by atoms with E-state index in [0.717, 1.165) is 5.56 Å². The molecule has 2 aromatic rings. The van der Waals surface area contributed by atoms with E-state index in [1.165, 1.54) is 6.07 Å². The second-order valence-electron chi connectivity index (χ2n) is 5.27. The van der Waals surface area contributed by atoms with Gasteiger partial charge in [-0.15, -0.1) is 0 Å². The van der Waals surface area contributed by atoms with Crippen molar-refractivity contribution in [3.8, 4) is 11.4 Å². The molecule has 0 saturated heterocycles. The fourth-order valence-corrected chi connectivity index (χ4v) is 3.18. The number of aryl methyl sites for hydroxylation is 2. The lowest BCUT2D eigenvalue weighted by molar-refractivity contribution is -0.117. The fourth-order valence-electron chi connectivity index (χ4n) is 2.31.